The average molecular weight is 250 g/mol. The van der Waals surface area contributed by atoms with E-state index in [9.17, 15) is 9.90 Å². The first-order valence-electron chi connectivity index (χ1n) is 6.27. The first-order valence-corrected chi connectivity index (χ1v) is 6.27. The number of aliphatic hydroxyl groups excluding tert-OH is 2. The number of rotatable bonds is 3. The van der Waals surface area contributed by atoms with Crippen molar-refractivity contribution in [3.05, 3.63) is 29.6 Å². The van der Waals surface area contributed by atoms with Gasteiger partial charge < -0.3 is 15.1 Å². The van der Waals surface area contributed by atoms with Gasteiger partial charge in [0.2, 0.25) is 0 Å². The largest absolute Gasteiger partial charge is 0.393 e. The zero-order chi connectivity index (χ0) is 13.0. The maximum Gasteiger partial charge on any atom is 0.255 e. The third kappa shape index (κ3) is 2.68. The molecule has 0 aromatic carbocycles. The standard InChI is InChI=1S/C13H18N2O3/c16-9-11(17)12-10(5-4-6-14-12)13(18)15-7-2-1-3-8-15/h4-6,11,16-17H,1-3,7-9H2. The van der Waals surface area contributed by atoms with Crippen LogP contribution in [0.15, 0.2) is 18.3 Å². The Morgan fingerprint density at radius 1 is 1.39 bits per heavy atom. The van der Waals surface area contributed by atoms with Crippen LogP contribution in [0.1, 0.15) is 41.4 Å². The summed E-state index contributed by atoms with van der Waals surface area (Å²) in [7, 11) is 0. The van der Waals surface area contributed by atoms with E-state index in [0.717, 1.165) is 32.4 Å². The molecule has 0 saturated carbocycles. The van der Waals surface area contributed by atoms with Gasteiger partial charge in [0.1, 0.15) is 6.10 Å². The zero-order valence-electron chi connectivity index (χ0n) is 10.2. The van der Waals surface area contributed by atoms with Crippen LogP contribution in [0.4, 0.5) is 0 Å². The summed E-state index contributed by atoms with van der Waals surface area (Å²) in [5, 5.41) is 18.7. The van der Waals surface area contributed by atoms with Crippen molar-refractivity contribution in [2.75, 3.05) is 19.7 Å². The Bertz CT molecular complexity index is 416. The number of carbonyl (C=O) groups excluding carboxylic acids is 1. The van der Waals surface area contributed by atoms with Gasteiger partial charge in [-0.05, 0) is 31.4 Å². The Morgan fingerprint density at radius 3 is 2.78 bits per heavy atom. The van der Waals surface area contributed by atoms with Crippen LogP contribution in [0.5, 0.6) is 0 Å². The van der Waals surface area contributed by atoms with Crippen molar-refractivity contribution in [3.8, 4) is 0 Å². The van der Waals surface area contributed by atoms with Crippen LogP contribution in [0.25, 0.3) is 0 Å². The smallest absolute Gasteiger partial charge is 0.255 e. The lowest BCUT2D eigenvalue weighted by atomic mass is 10.1. The minimum absolute atomic E-state index is 0.106. The van der Waals surface area contributed by atoms with Crippen LogP contribution in [0, 0.1) is 0 Å². The van der Waals surface area contributed by atoms with Crippen LogP contribution in [-0.2, 0) is 0 Å². The molecule has 1 saturated heterocycles. The molecular formula is C13H18N2O3. The monoisotopic (exact) mass is 250 g/mol. The maximum absolute atomic E-state index is 12.3. The number of likely N-dealkylation sites (tertiary alicyclic amines) is 1. The molecule has 1 fully saturated rings. The molecule has 5 heteroatoms. The Morgan fingerprint density at radius 2 is 2.11 bits per heavy atom. The molecule has 1 unspecified atom stereocenters. The van der Waals surface area contributed by atoms with E-state index >= 15 is 0 Å². The second-order valence-corrected chi connectivity index (χ2v) is 4.49. The normalized spacial score (nSPS) is 17.6. The molecule has 2 heterocycles. The minimum atomic E-state index is -1.10. The SMILES string of the molecule is O=C(c1cccnc1C(O)CO)N1CCCCC1. The number of carbonyl (C=O) groups is 1. The van der Waals surface area contributed by atoms with E-state index in [-0.39, 0.29) is 11.6 Å². The van der Waals surface area contributed by atoms with Gasteiger partial charge in [-0.3, -0.25) is 9.78 Å². The number of amides is 1. The van der Waals surface area contributed by atoms with E-state index in [4.69, 9.17) is 5.11 Å². The predicted octanol–water partition coefficient (Wildman–Crippen LogP) is 0.733. The molecule has 0 aliphatic carbocycles. The van der Waals surface area contributed by atoms with Crippen molar-refractivity contribution in [1.82, 2.24) is 9.88 Å². The van der Waals surface area contributed by atoms with E-state index in [1.54, 1.807) is 17.0 Å². The number of aromatic nitrogens is 1. The van der Waals surface area contributed by atoms with Crippen molar-refractivity contribution in [2.45, 2.75) is 25.4 Å². The van der Waals surface area contributed by atoms with Gasteiger partial charge in [0.25, 0.3) is 5.91 Å². The van der Waals surface area contributed by atoms with Crippen LogP contribution >= 0.6 is 0 Å². The van der Waals surface area contributed by atoms with E-state index in [2.05, 4.69) is 4.98 Å². The quantitative estimate of drug-likeness (QED) is 0.829. The van der Waals surface area contributed by atoms with Gasteiger partial charge >= 0.3 is 0 Å². The second-order valence-electron chi connectivity index (χ2n) is 4.49. The summed E-state index contributed by atoms with van der Waals surface area (Å²) in [6.07, 6.45) is 3.60. The molecule has 1 aliphatic rings. The van der Waals surface area contributed by atoms with Gasteiger partial charge in [-0.15, -0.1) is 0 Å². The van der Waals surface area contributed by atoms with Gasteiger partial charge in [0.05, 0.1) is 17.9 Å². The molecular weight excluding hydrogens is 232 g/mol. The topological polar surface area (TPSA) is 73.7 Å². The summed E-state index contributed by atoms with van der Waals surface area (Å²) in [5.74, 6) is -0.106. The van der Waals surface area contributed by atoms with E-state index in [0.29, 0.717) is 5.56 Å². The highest BCUT2D eigenvalue weighted by molar-refractivity contribution is 5.95. The summed E-state index contributed by atoms with van der Waals surface area (Å²) in [6, 6.07) is 3.32. The Balaban J connectivity index is 2.23. The van der Waals surface area contributed by atoms with E-state index in [1.165, 1.54) is 6.20 Å². The molecule has 1 aromatic heterocycles. The lowest BCUT2D eigenvalue weighted by Crippen LogP contribution is -2.36. The van der Waals surface area contributed by atoms with E-state index < -0.39 is 12.7 Å². The van der Waals surface area contributed by atoms with Crippen LogP contribution in [-0.4, -0.2) is 45.7 Å². The van der Waals surface area contributed by atoms with Gasteiger partial charge in [-0.1, -0.05) is 0 Å². The fourth-order valence-electron chi connectivity index (χ4n) is 2.22. The molecule has 1 aliphatic heterocycles. The maximum atomic E-state index is 12.3. The summed E-state index contributed by atoms with van der Waals surface area (Å²) >= 11 is 0. The van der Waals surface area contributed by atoms with Crippen molar-refractivity contribution in [1.29, 1.82) is 0 Å². The number of piperidine rings is 1. The minimum Gasteiger partial charge on any atom is -0.393 e. The second kappa shape index (κ2) is 5.93. The van der Waals surface area contributed by atoms with Crippen molar-refractivity contribution in [3.63, 3.8) is 0 Å². The molecule has 1 atom stereocenters. The molecule has 2 rings (SSSR count). The lowest BCUT2D eigenvalue weighted by Gasteiger charge is -2.27. The highest BCUT2D eigenvalue weighted by Gasteiger charge is 2.23. The van der Waals surface area contributed by atoms with Crippen LogP contribution in [0.3, 0.4) is 0 Å². The third-order valence-corrected chi connectivity index (χ3v) is 3.20. The first-order chi connectivity index (χ1) is 8.74. The van der Waals surface area contributed by atoms with Crippen molar-refractivity contribution in [2.24, 2.45) is 0 Å². The molecule has 0 radical (unpaired) electrons. The molecule has 0 spiro atoms. The third-order valence-electron chi connectivity index (χ3n) is 3.20. The number of nitrogens with zero attached hydrogens (tertiary/aromatic N) is 2. The van der Waals surface area contributed by atoms with Gasteiger partial charge in [0, 0.05) is 19.3 Å². The summed E-state index contributed by atoms with van der Waals surface area (Å²) < 4.78 is 0. The molecule has 2 N–H and O–H groups in total. The number of hydrogen-bond acceptors (Lipinski definition) is 4. The van der Waals surface area contributed by atoms with Crippen molar-refractivity contribution < 1.29 is 15.0 Å². The predicted molar refractivity (Wildman–Crippen MR) is 66.0 cm³/mol. The Labute approximate surface area is 106 Å². The average Bonchev–Trinajstić information content (AvgIpc) is 2.46. The molecule has 1 amide bonds. The van der Waals surface area contributed by atoms with Gasteiger partial charge in [0.15, 0.2) is 0 Å². The van der Waals surface area contributed by atoms with Crippen LogP contribution in [0.2, 0.25) is 0 Å². The number of aliphatic hydroxyl groups is 2. The van der Waals surface area contributed by atoms with Crippen LogP contribution < -0.4 is 0 Å². The van der Waals surface area contributed by atoms with Gasteiger partial charge in [-0.25, -0.2) is 0 Å². The summed E-state index contributed by atoms with van der Waals surface area (Å²) in [5.41, 5.74) is 0.650. The lowest BCUT2D eigenvalue weighted by molar-refractivity contribution is 0.0695. The molecule has 1 aromatic rings. The summed E-state index contributed by atoms with van der Waals surface area (Å²) in [4.78, 5) is 18.1. The summed E-state index contributed by atoms with van der Waals surface area (Å²) in [6.45, 7) is 1.07. The fraction of sp³-hybridized carbons (Fsp3) is 0.538. The highest BCUT2D eigenvalue weighted by atomic mass is 16.3. The molecule has 5 nitrogen and oxygen atoms in total. The Kier molecular flexibility index (Phi) is 4.28. The fourth-order valence-corrected chi connectivity index (χ4v) is 2.22. The van der Waals surface area contributed by atoms with Crippen molar-refractivity contribution >= 4 is 5.91 Å². The zero-order valence-corrected chi connectivity index (χ0v) is 10.2. The van der Waals surface area contributed by atoms with Gasteiger partial charge in [-0.2, -0.15) is 0 Å². The first kappa shape index (κ1) is 13.0. The van der Waals surface area contributed by atoms with E-state index in [1.807, 2.05) is 0 Å². The number of pyridine rings is 1. The highest BCUT2D eigenvalue weighted by Crippen LogP contribution is 2.19. The molecule has 0 bridgehead atoms. The Hall–Kier alpha value is -1.46. The molecule has 98 valence electrons. The number of hydrogen-bond donors (Lipinski definition) is 2. The molecule has 18 heavy (non-hydrogen) atoms.